The van der Waals surface area contributed by atoms with Crippen LogP contribution in [0.25, 0.3) is 0 Å². The number of rotatable bonds is 5. The Morgan fingerprint density at radius 1 is 0.962 bits per heavy atom. The molecule has 1 aliphatic rings. The first-order valence-electron chi connectivity index (χ1n) is 8.64. The summed E-state index contributed by atoms with van der Waals surface area (Å²) in [6, 6.07) is 12.1. The highest BCUT2D eigenvalue weighted by molar-refractivity contribution is 7.89. The predicted molar refractivity (Wildman–Crippen MR) is 96.5 cm³/mol. The molecule has 0 heterocycles. The van der Waals surface area contributed by atoms with E-state index in [-0.39, 0.29) is 10.5 Å². The van der Waals surface area contributed by atoms with Gasteiger partial charge in [0, 0.05) is 0 Å². The number of benzene rings is 2. The Labute approximate surface area is 152 Å². The summed E-state index contributed by atoms with van der Waals surface area (Å²) in [7, 11) is -3.93. The van der Waals surface area contributed by atoms with Gasteiger partial charge in [-0.05, 0) is 48.6 Å². The normalized spacial score (nSPS) is 15.6. The topological polar surface area (TPSA) is 75.3 Å². The zero-order valence-corrected chi connectivity index (χ0v) is 15.1. The fourth-order valence-electron chi connectivity index (χ4n) is 3.24. The Kier molecular flexibility index (Phi) is 5.68. The van der Waals surface area contributed by atoms with Crippen molar-refractivity contribution in [3.63, 3.8) is 0 Å². The lowest BCUT2D eigenvalue weighted by Gasteiger charge is -2.22. The van der Waals surface area contributed by atoms with Crippen LogP contribution in [0.15, 0.2) is 53.4 Å². The fraction of sp³-hybridized carbons (Fsp3) is 0.316. The monoisotopic (exact) mass is 376 g/mol. The van der Waals surface area contributed by atoms with Gasteiger partial charge < -0.3 is 0 Å². The lowest BCUT2D eigenvalue weighted by molar-refractivity contribution is 0.0941. The average molecular weight is 376 g/mol. The lowest BCUT2D eigenvalue weighted by Crippen LogP contribution is -2.41. The Morgan fingerprint density at radius 2 is 1.62 bits per heavy atom. The Balaban J connectivity index is 1.66. The summed E-state index contributed by atoms with van der Waals surface area (Å²) in [6.45, 7) is 0. The van der Waals surface area contributed by atoms with Crippen molar-refractivity contribution in [2.75, 3.05) is 0 Å². The van der Waals surface area contributed by atoms with Gasteiger partial charge in [0.1, 0.15) is 5.82 Å². The van der Waals surface area contributed by atoms with Gasteiger partial charge in [0.2, 0.25) is 0 Å². The van der Waals surface area contributed by atoms with Crippen molar-refractivity contribution in [1.29, 1.82) is 0 Å². The van der Waals surface area contributed by atoms with Gasteiger partial charge in [-0.2, -0.15) is 0 Å². The summed E-state index contributed by atoms with van der Waals surface area (Å²) in [5.41, 5.74) is 2.94. The van der Waals surface area contributed by atoms with Gasteiger partial charge in [-0.15, -0.1) is 4.83 Å². The van der Waals surface area contributed by atoms with Crippen molar-refractivity contribution < 1.29 is 17.6 Å². The van der Waals surface area contributed by atoms with E-state index in [1.54, 1.807) is 0 Å². The van der Waals surface area contributed by atoms with E-state index in [0.717, 1.165) is 24.5 Å². The molecule has 0 spiro atoms. The summed E-state index contributed by atoms with van der Waals surface area (Å²) < 4.78 is 38.2. The van der Waals surface area contributed by atoms with Gasteiger partial charge in [-0.3, -0.25) is 10.2 Å². The van der Waals surface area contributed by atoms with Crippen LogP contribution in [0.2, 0.25) is 0 Å². The molecule has 0 saturated heterocycles. The van der Waals surface area contributed by atoms with E-state index in [9.17, 15) is 17.6 Å². The molecule has 1 aliphatic carbocycles. The van der Waals surface area contributed by atoms with Gasteiger partial charge in [0.15, 0.2) is 0 Å². The number of halogens is 1. The molecular formula is C19H21FN2O3S. The maximum Gasteiger partial charge on any atom is 0.269 e. The molecule has 2 N–H and O–H groups in total. The van der Waals surface area contributed by atoms with Crippen molar-refractivity contribution in [2.45, 2.75) is 42.9 Å². The Hall–Kier alpha value is -2.25. The summed E-state index contributed by atoms with van der Waals surface area (Å²) >= 11 is 0. The van der Waals surface area contributed by atoms with E-state index in [4.69, 9.17) is 0 Å². The highest BCUT2D eigenvalue weighted by atomic mass is 32.2. The second kappa shape index (κ2) is 7.97. The number of sulfonamides is 1. The molecule has 26 heavy (non-hydrogen) atoms. The second-order valence-electron chi connectivity index (χ2n) is 6.44. The molecule has 1 amide bonds. The Morgan fingerprint density at radius 3 is 2.27 bits per heavy atom. The molecule has 5 nitrogen and oxygen atoms in total. The third kappa shape index (κ3) is 4.28. The molecule has 0 bridgehead atoms. The zero-order chi connectivity index (χ0) is 18.6. The standard InChI is InChI=1S/C19H21FN2O3S/c20-18-9-5-4-8-17(18)19(23)21-22-26(24,25)16-12-10-15(11-13-16)14-6-2-1-3-7-14/h4-5,8-14,22H,1-3,6-7H2,(H,21,23). The zero-order valence-electron chi connectivity index (χ0n) is 14.2. The van der Waals surface area contributed by atoms with Crippen LogP contribution in [0, 0.1) is 5.82 Å². The van der Waals surface area contributed by atoms with E-state index in [1.165, 1.54) is 49.6 Å². The van der Waals surface area contributed by atoms with Crippen LogP contribution >= 0.6 is 0 Å². The molecule has 1 fully saturated rings. The molecular weight excluding hydrogens is 355 g/mol. The summed E-state index contributed by atoms with van der Waals surface area (Å²) in [5.74, 6) is -1.10. The van der Waals surface area contributed by atoms with Crippen LogP contribution in [0.3, 0.4) is 0 Å². The highest BCUT2D eigenvalue weighted by Crippen LogP contribution is 2.32. The van der Waals surface area contributed by atoms with E-state index in [2.05, 4.69) is 0 Å². The van der Waals surface area contributed by atoms with E-state index >= 15 is 0 Å². The fourth-order valence-corrected chi connectivity index (χ4v) is 4.08. The van der Waals surface area contributed by atoms with Crippen molar-refractivity contribution in [3.8, 4) is 0 Å². The molecule has 138 valence electrons. The van der Waals surface area contributed by atoms with Crippen LogP contribution < -0.4 is 10.3 Å². The van der Waals surface area contributed by atoms with Gasteiger partial charge in [0.05, 0.1) is 10.5 Å². The van der Waals surface area contributed by atoms with Crippen LogP contribution in [0.1, 0.15) is 53.9 Å². The van der Waals surface area contributed by atoms with Crippen LogP contribution in [0.5, 0.6) is 0 Å². The summed E-state index contributed by atoms with van der Waals surface area (Å²) in [4.78, 5) is 14.0. The second-order valence-corrected chi connectivity index (χ2v) is 8.13. The summed E-state index contributed by atoms with van der Waals surface area (Å²) in [5, 5.41) is 0. The Bertz CT molecular complexity index is 876. The molecule has 0 atom stereocenters. The molecule has 0 radical (unpaired) electrons. The van der Waals surface area contributed by atoms with Gasteiger partial charge in [0.25, 0.3) is 15.9 Å². The van der Waals surface area contributed by atoms with Crippen LogP contribution in [0.4, 0.5) is 4.39 Å². The molecule has 0 aromatic heterocycles. The number of nitrogens with one attached hydrogen (secondary N) is 2. The predicted octanol–water partition coefficient (Wildman–Crippen LogP) is 3.50. The first-order chi connectivity index (χ1) is 12.5. The highest BCUT2D eigenvalue weighted by Gasteiger charge is 2.19. The molecule has 1 saturated carbocycles. The molecule has 0 unspecified atom stereocenters. The van der Waals surface area contributed by atoms with E-state index in [1.807, 2.05) is 22.4 Å². The van der Waals surface area contributed by atoms with Crippen molar-refractivity contribution >= 4 is 15.9 Å². The van der Waals surface area contributed by atoms with Crippen LogP contribution in [-0.4, -0.2) is 14.3 Å². The molecule has 3 rings (SSSR count). The minimum atomic E-state index is -3.93. The third-order valence-corrected chi connectivity index (χ3v) is 5.95. The first-order valence-corrected chi connectivity index (χ1v) is 10.1. The lowest BCUT2D eigenvalue weighted by atomic mass is 9.84. The molecule has 2 aromatic carbocycles. The van der Waals surface area contributed by atoms with Crippen molar-refractivity contribution in [2.24, 2.45) is 0 Å². The number of carbonyl (C=O) groups is 1. The minimum Gasteiger partial charge on any atom is -0.273 e. The maximum atomic E-state index is 13.6. The van der Waals surface area contributed by atoms with Gasteiger partial charge in [-0.25, -0.2) is 12.8 Å². The number of hydrazine groups is 1. The maximum absolute atomic E-state index is 13.6. The smallest absolute Gasteiger partial charge is 0.269 e. The van der Waals surface area contributed by atoms with Crippen molar-refractivity contribution in [1.82, 2.24) is 10.3 Å². The summed E-state index contributed by atoms with van der Waals surface area (Å²) in [6.07, 6.45) is 5.92. The molecule has 0 aliphatic heterocycles. The minimum absolute atomic E-state index is 0.0471. The van der Waals surface area contributed by atoms with Crippen LogP contribution in [-0.2, 0) is 10.0 Å². The molecule has 7 heteroatoms. The quantitative estimate of drug-likeness (QED) is 0.785. The van der Waals surface area contributed by atoms with E-state index in [0.29, 0.717) is 5.92 Å². The molecule has 2 aromatic rings. The number of carbonyl (C=O) groups excluding carboxylic acids is 1. The van der Waals surface area contributed by atoms with E-state index < -0.39 is 21.7 Å². The SMILES string of the molecule is O=C(NNS(=O)(=O)c1ccc(C2CCCCC2)cc1)c1ccccc1F. The van der Waals surface area contributed by atoms with Gasteiger partial charge in [-0.1, -0.05) is 43.5 Å². The third-order valence-electron chi connectivity index (χ3n) is 4.68. The number of amides is 1. The first kappa shape index (κ1) is 18.5. The number of hydrogen-bond acceptors (Lipinski definition) is 3. The average Bonchev–Trinajstić information content (AvgIpc) is 2.67. The number of hydrogen-bond donors (Lipinski definition) is 2. The largest absolute Gasteiger partial charge is 0.273 e. The van der Waals surface area contributed by atoms with Gasteiger partial charge >= 0.3 is 0 Å². The van der Waals surface area contributed by atoms with Crippen molar-refractivity contribution in [3.05, 3.63) is 65.5 Å².